The SMILES string of the molecule is Cc1ccc(NC(N)=NCC(C)c2ccsc2)cc1C. The first-order chi connectivity index (χ1) is 9.56. The molecule has 0 saturated carbocycles. The molecule has 20 heavy (non-hydrogen) atoms. The predicted molar refractivity (Wildman–Crippen MR) is 88.8 cm³/mol. The molecule has 106 valence electrons. The van der Waals surface area contributed by atoms with Gasteiger partial charge in [0.1, 0.15) is 0 Å². The van der Waals surface area contributed by atoms with Gasteiger partial charge in [-0.3, -0.25) is 4.99 Å². The van der Waals surface area contributed by atoms with Gasteiger partial charge in [0.05, 0.1) is 0 Å². The Balaban J connectivity index is 1.95. The first-order valence-corrected chi connectivity index (χ1v) is 7.67. The number of guanidine groups is 1. The van der Waals surface area contributed by atoms with Crippen LogP contribution in [0.2, 0.25) is 0 Å². The number of aryl methyl sites for hydroxylation is 2. The third kappa shape index (κ3) is 3.84. The topological polar surface area (TPSA) is 50.4 Å². The molecule has 1 heterocycles. The van der Waals surface area contributed by atoms with Crippen LogP contribution in [-0.2, 0) is 0 Å². The van der Waals surface area contributed by atoms with Crippen molar-refractivity contribution in [3.05, 3.63) is 51.7 Å². The standard InChI is InChI=1S/C16H21N3S/c1-11-4-5-15(8-12(11)2)19-16(17)18-9-13(3)14-6-7-20-10-14/h4-8,10,13H,9H2,1-3H3,(H3,17,18,19). The molecule has 1 aromatic carbocycles. The van der Waals surface area contributed by atoms with Gasteiger partial charge in [-0.1, -0.05) is 13.0 Å². The van der Waals surface area contributed by atoms with Crippen LogP contribution < -0.4 is 11.1 Å². The molecule has 0 aliphatic carbocycles. The van der Waals surface area contributed by atoms with E-state index in [1.165, 1.54) is 16.7 Å². The molecule has 0 radical (unpaired) electrons. The summed E-state index contributed by atoms with van der Waals surface area (Å²) in [6.07, 6.45) is 0. The number of nitrogens with zero attached hydrogens (tertiary/aromatic N) is 1. The summed E-state index contributed by atoms with van der Waals surface area (Å²) in [5.74, 6) is 0.858. The average molecular weight is 287 g/mol. The highest BCUT2D eigenvalue weighted by atomic mass is 32.1. The summed E-state index contributed by atoms with van der Waals surface area (Å²) in [6, 6.07) is 8.32. The van der Waals surface area contributed by atoms with E-state index in [9.17, 15) is 0 Å². The van der Waals surface area contributed by atoms with Gasteiger partial charge in [-0.15, -0.1) is 0 Å². The normalized spacial score (nSPS) is 13.2. The summed E-state index contributed by atoms with van der Waals surface area (Å²) in [5.41, 5.74) is 10.8. The Bertz CT molecular complexity index is 588. The van der Waals surface area contributed by atoms with Crippen molar-refractivity contribution in [1.29, 1.82) is 0 Å². The van der Waals surface area contributed by atoms with Crippen LogP contribution in [0, 0.1) is 13.8 Å². The van der Waals surface area contributed by atoms with E-state index in [-0.39, 0.29) is 0 Å². The third-order valence-electron chi connectivity index (χ3n) is 3.43. The van der Waals surface area contributed by atoms with Crippen LogP contribution in [0.4, 0.5) is 5.69 Å². The van der Waals surface area contributed by atoms with Gasteiger partial charge >= 0.3 is 0 Å². The molecule has 3 N–H and O–H groups in total. The van der Waals surface area contributed by atoms with Gasteiger partial charge in [0.25, 0.3) is 0 Å². The molecule has 1 aromatic heterocycles. The number of aliphatic imine (C=N–C) groups is 1. The summed E-state index contributed by atoms with van der Waals surface area (Å²) >= 11 is 1.71. The lowest BCUT2D eigenvalue weighted by Gasteiger charge is -2.10. The van der Waals surface area contributed by atoms with E-state index in [2.05, 4.69) is 60.0 Å². The second-order valence-corrected chi connectivity index (χ2v) is 5.89. The highest BCUT2D eigenvalue weighted by Crippen LogP contribution is 2.18. The van der Waals surface area contributed by atoms with Gasteiger partial charge in [0.2, 0.25) is 0 Å². The Labute approximate surface area is 124 Å². The van der Waals surface area contributed by atoms with E-state index in [1.54, 1.807) is 11.3 Å². The zero-order valence-electron chi connectivity index (χ0n) is 12.2. The van der Waals surface area contributed by atoms with Gasteiger partial charge in [0.15, 0.2) is 5.96 Å². The molecule has 0 fully saturated rings. The number of hydrogen-bond acceptors (Lipinski definition) is 2. The Kier molecular flexibility index (Phi) is 4.79. The molecule has 0 spiro atoms. The molecule has 0 saturated heterocycles. The number of anilines is 1. The minimum Gasteiger partial charge on any atom is -0.370 e. The first kappa shape index (κ1) is 14.6. The maximum atomic E-state index is 5.94. The maximum Gasteiger partial charge on any atom is 0.193 e. The monoisotopic (exact) mass is 287 g/mol. The van der Waals surface area contributed by atoms with E-state index in [0.29, 0.717) is 18.4 Å². The van der Waals surface area contributed by atoms with Gasteiger partial charge in [-0.2, -0.15) is 11.3 Å². The largest absolute Gasteiger partial charge is 0.370 e. The van der Waals surface area contributed by atoms with Crippen molar-refractivity contribution in [2.24, 2.45) is 10.7 Å². The highest BCUT2D eigenvalue weighted by molar-refractivity contribution is 7.07. The van der Waals surface area contributed by atoms with E-state index in [1.807, 2.05) is 6.07 Å². The third-order valence-corrected chi connectivity index (χ3v) is 4.13. The fourth-order valence-corrected chi connectivity index (χ4v) is 2.68. The zero-order chi connectivity index (χ0) is 14.5. The van der Waals surface area contributed by atoms with Gasteiger partial charge in [0, 0.05) is 18.2 Å². The van der Waals surface area contributed by atoms with Crippen molar-refractivity contribution in [2.45, 2.75) is 26.7 Å². The molecule has 0 amide bonds. The van der Waals surface area contributed by atoms with Crippen molar-refractivity contribution in [2.75, 3.05) is 11.9 Å². The van der Waals surface area contributed by atoms with Crippen molar-refractivity contribution in [3.63, 3.8) is 0 Å². The number of nitrogens with one attached hydrogen (secondary N) is 1. The summed E-state index contributed by atoms with van der Waals surface area (Å²) in [7, 11) is 0. The molecule has 4 heteroatoms. The molecule has 0 aliphatic heterocycles. The van der Waals surface area contributed by atoms with Crippen molar-refractivity contribution >= 4 is 23.0 Å². The van der Waals surface area contributed by atoms with Crippen molar-refractivity contribution in [1.82, 2.24) is 0 Å². The second-order valence-electron chi connectivity index (χ2n) is 5.11. The lowest BCUT2D eigenvalue weighted by molar-refractivity contribution is 0.778. The van der Waals surface area contributed by atoms with E-state index < -0.39 is 0 Å². The van der Waals surface area contributed by atoms with Crippen LogP contribution in [0.5, 0.6) is 0 Å². The zero-order valence-corrected chi connectivity index (χ0v) is 13.0. The van der Waals surface area contributed by atoms with Crippen LogP contribution in [-0.4, -0.2) is 12.5 Å². The van der Waals surface area contributed by atoms with Crippen LogP contribution in [0.25, 0.3) is 0 Å². The Morgan fingerprint density at radius 2 is 2.10 bits per heavy atom. The molecule has 2 rings (SSSR count). The number of benzene rings is 1. The van der Waals surface area contributed by atoms with E-state index >= 15 is 0 Å². The lowest BCUT2D eigenvalue weighted by atomic mass is 10.1. The molecule has 2 aromatic rings. The summed E-state index contributed by atoms with van der Waals surface area (Å²) in [4.78, 5) is 4.42. The fourth-order valence-electron chi connectivity index (χ4n) is 1.90. The van der Waals surface area contributed by atoms with E-state index in [4.69, 9.17) is 5.73 Å². The molecule has 0 bridgehead atoms. The molecular weight excluding hydrogens is 266 g/mol. The fraction of sp³-hybridized carbons (Fsp3) is 0.312. The molecule has 3 nitrogen and oxygen atoms in total. The lowest BCUT2D eigenvalue weighted by Crippen LogP contribution is -2.23. The van der Waals surface area contributed by atoms with E-state index in [0.717, 1.165) is 5.69 Å². The number of nitrogens with two attached hydrogens (primary N) is 1. The average Bonchev–Trinajstić information content (AvgIpc) is 2.94. The summed E-state index contributed by atoms with van der Waals surface area (Å²) in [5, 5.41) is 7.39. The Morgan fingerprint density at radius 3 is 2.75 bits per heavy atom. The predicted octanol–water partition coefficient (Wildman–Crippen LogP) is 3.90. The molecular formula is C16H21N3S. The van der Waals surface area contributed by atoms with Crippen LogP contribution in [0.15, 0.2) is 40.0 Å². The van der Waals surface area contributed by atoms with Gasteiger partial charge < -0.3 is 11.1 Å². The van der Waals surface area contributed by atoms with Gasteiger partial charge in [-0.25, -0.2) is 0 Å². The van der Waals surface area contributed by atoms with Crippen LogP contribution in [0.1, 0.15) is 29.5 Å². The highest BCUT2D eigenvalue weighted by Gasteiger charge is 2.05. The maximum absolute atomic E-state index is 5.94. The number of rotatable bonds is 4. The first-order valence-electron chi connectivity index (χ1n) is 6.72. The van der Waals surface area contributed by atoms with Crippen LogP contribution in [0.3, 0.4) is 0 Å². The minimum absolute atomic E-state index is 0.390. The second kappa shape index (κ2) is 6.57. The number of hydrogen-bond donors (Lipinski definition) is 2. The summed E-state index contributed by atoms with van der Waals surface area (Å²) < 4.78 is 0. The van der Waals surface area contributed by atoms with Crippen molar-refractivity contribution < 1.29 is 0 Å². The number of thiophene rings is 1. The van der Waals surface area contributed by atoms with Crippen molar-refractivity contribution in [3.8, 4) is 0 Å². The Hall–Kier alpha value is -1.81. The quantitative estimate of drug-likeness (QED) is 0.662. The van der Waals surface area contributed by atoms with Crippen LogP contribution >= 0.6 is 11.3 Å². The molecule has 1 unspecified atom stereocenters. The smallest absolute Gasteiger partial charge is 0.193 e. The Morgan fingerprint density at radius 1 is 1.30 bits per heavy atom. The molecule has 0 aliphatic rings. The minimum atomic E-state index is 0.390. The van der Waals surface area contributed by atoms with Gasteiger partial charge in [-0.05, 0) is 59.5 Å². The molecule has 1 atom stereocenters. The summed E-state index contributed by atoms with van der Waals surface area (Å²) in [6.45, 7) is 7.04.